The Morgan fingerprint density at radius 1 is 1.32 bits per heavy atom. The Morgan fingerprint density at radius 3 is 2.47 bits per heavy atom. The Bertz CT molecular complexity index is 466. The van der Waals surface area contributed by atoms with Crippen LogP contribution in [0.4, 0.5) is 4.79 Å². The van der Waals surface area contributed by atoms with Crippen molar-refractivity contribution in [1.29, 1.82) is 0 Å². The molecular formula is C14H17NO4. The number of carboxylic acid groups (broad SMARTS) is 1. The molecule has 0 saturated carbocycles. The van der Waals surface area contributed by atoms with Gasteiger partial charge in [-0.05, 0) is 12.0 Å². The van der Waals surface area contributed by atoms with E-state index in [0.717, 1.165) is 5.56 Å². The summed E-state index contributed by atoms with van der Waals surface area (Å²) in [5.41, 5.74) is 0.127. The van der Waals surface area contributed by atoms with Crippen LogP contribution in [0.1, 0.15) is 18.9 Å². The molecule has 5 heteroatoms. The fourth-order valence-electron chi connectivity index (χ4n) is 2.13. The standard InChI is InChI=1S/C14H17NO4/c1-2-14(12(16)17)9-15(10-14)13(18)19-8-11-6-4-3-5-7-11/h3-7H,2,8-10H2,1H3,(H,16,17). The molecule has 102 valence electrons. The maximum absolute atomic E-state index is 11.7. The van der Waals surface area contributed by atoms with Crippen molar-refractivity contribution in [2.75, 3.05) is 13.1 Å². The van der Waals surface area contributed by atoms with E-state index in [1.165, 1.54) is 4.90 Å². The Hall–Kier alpha value is -2.04. The summed E-state index contributed by atoms with van der Waals surface area (Å²) in [5.74, 6) is -0.845. The molecule has 1 N–H and O–H groups in total. The SMILES string of the molecule is CCC1(C(=O)O)CN(C(=O)OCc2ccccc2)C1. The highest BCUT2D eigenvalue weighted by atomic mass is 16.6. The highest BCUT2D eigenvalue weighted by Crippen LogP contribution is 2.34. The van der Waals surface area contributed by atoms with Gasteiger partial charge in [0.05, 0.1) is 0 Å². The number of nitrogens with zero attached hydrogens (tertiary/aromatic N) is 1. The number of carboxylic acids is 1. The van der Waals surface area contributed by atoms with Gasteiger partial charge in [-0.25, -0.2) is 4.79 Å². The molecule has 1 heterocycles. The Balaban J connectivity index is 1.82. The lowest BCUT2D eigenvalue weighted by molar-refractivity contribution is -0.159. The maximum atomic E-state index is 11.7. The third-order valence-corrected chi connectivity index (χ3v) is 3.58. The van der Waals surface area contributed by atoms with Crippen molar-refractivity contribution in [1.82, 2.24) is 4.90 Å². The molecule has 0 aromatic heterocycles. The average Bonchev–Trinajstić information content (AvgIpc) is 2.36. The summed E-state index contributed by atoms with van der Waals surface area (Å²) in [7, 11) is 0. The van der Waals surface area contributed by atoms with Crippen molar-refractivity contribution in [3.8, 4) is 0 Å². The summed E-state index contributed by atoms with van der Waals surface area (Å²) in [6, 6.07) is 9.38. The largest absolute Gasteiger partial charge is 0.481 e. The van der Waals surface area contributed by atoms with Crippen LogP contribution in [-0.4, -0.2) is 35.2 Å². The molecule has 0 bridgehead atoms. The van der Waals surface area contributed by atoms with Gasteiger partial charge in [0.15, 0.2) is 0 Å². The van der Waals surface area contributed by atoms with Gasteiger partial charge in [0.1, 0.15) is 12.0 Å². The molecular weight excluding hydrogens is 246 g/mol. The number of carbonyl (C=O) groups is 2. The van der Waals surface area contributed by atoms with Crippen LogP contribution in [0.2, 0.25) is 0 Å². The minimum Gasteiger partial charge on any atom is -0.481 e. The van der Waals surface area contributed by atoms with Crippen LogP contribution in [0.3, 0.4) is 0 Å². The number of likely N-dealkylation sites (tertiary alicyclic amines) is 1. The lowest BCUT2D eigenvalue weighted by Crippen LogP contribution is -2.61. The van der Waals surface area contributed by atoms with E-state index in [4.69, 9.17) is 9.84 Å². The highest BCUT2D eigenvalue weighted by molar-refractivity contribution is 5.80. The summed E-state index contributed by atoms with van der Waals surface area (Å²) in [6.07, 6.45) is 0.0688. The topological polar surface area (TPSA) is 66.8 Å². The normalized spacial score (nSPS) is 16.6. The molecule has 0 atom stereocenters. The molecule has 0 spiro atoms. The van der Waals surface area contributed by atoms with Crippen LogP contribution in [-0.2, 0) is 16.1 Å². The van der Waals surface area contributed by atoms with Crippen molar-refractivity contribution in [2.24, 2.45) is 5.41 Å². The van der Waals surface area contributed by atoms with Crippen LogP contribution >= 0.6 is 0 Å². The van der Waals surface area contributed by atoms with E-state index < -0.39 is 17.5 Å². The van der Waals surface area contributed by atoms with Crippen LogP contribution in [0, 0.1) is 5.41 Å². The van der Waals surface area contributed by atoms with Crippen molar-refractivity contribution in [3.05, 3.63) is 35.9 Å². The van der Waals surface area contributed by atoms with Crippen molar-refractivity contribution >= 4 is 12.1 Å². The fraction of sp³-hybridized carbons (Fsp3) is 0.429. The van der Waals surface area contributed by atoms with Gasteiger partial charge in [0.2, 0.25) is 0 Å². The number of hydrogen-bond acceptors (Lipinski definition) is 3. The molecule has 1 saturated heterocycles. The predicted octanol–water partition coefficient (Wildman–Crippen LogP) is 2.12. The van der Waals surface area contributed by atoms with E-state index in [-0.39, 0.29) is 19.7 Å². The van der Waals surface area contributed by atoms with Gasteiger partial charge in [-0.15, -0.1) is 0 Å². The molecule has 1 aromatic rings. The monoisotopic (exact) mass is 263 g/mol. The number of ether oxygens (including phenoxy) is 1. The first kappa shape index (κ1) is 13.4. The quantitative estimate of drug-likeness (QED) is 0.903. The summed E-state index contributed by atoms with van der Waals surface area (Å²) < 4.78 is 5.14. The van der Waals surface area contributed by atoms with Crippen molar-refractivity contribution in [2.45, 2.75) is 20.0 Å². The van der Waals surface area contributed by atoms with Gasteiger partial charge in [-0.2, -0.15) is 0 Å². The van der Waals surface area contributed by atoms with Crippen LogP contribution in [0.25, 0.3) is 0 Å². The maximum Gasteiger partial charge on any atom is 0.410 e. The van der Waals surface area contributed by atoms with Crippen LogP contribution < -0.4 is 0 Å². The number of benzene rings is 1. The molecule has 1 fully saturated rings. The fourth-order valence-corrected chi connectivity index (χ4v) is 2.13. The van der Waals surface area contributed by atoms with Gasteiger partial charge in [-0.3, -0.25) is 4.79 Å². The summed E-state index contributed by atoms with van der Waals surface area (Å²) >= 11 is 0. The van der Waals surface area contributed by atoms with Gasteiger partial charge in [0, 0.05) is 13.1 Å². The molecule has 1 amide bonds. The van der Waals surface area contributed by atoms with Crippen molar-refractivity contribution < 1.29 is 19.4 Å². The first-order chi connectivity index (χ1) is 9.07. The first-order valence-electron chi connectivity index (χ1n) is 6.26. The molecule has 2 rings (SSSR count). The van der Waals surface area contributed by atoms with E-state index in [9.17, 15) is 9.59 Å². The second kappa shape index (κ2) is 5.30. The lowest BCUT2D eigenvalue weighted by Gasteiger charge is -2.45. The third kappa shape index (κ3) is 2.70. The molecule has 0 aliphatic carbocycles. The Labute approximate surface area is 111 Å². The summed E-state index contributed by atoms with van der Waals surface area (Å²) in [4.78, 5) is 24.3. The third-order valence-electron chi connectivity index (χ3n) is 3.58. The molecule has 5 nitrogen and oxygen atoms in total. The smallest absolute Gasteiger partial charge is 0.410 e. The lowest BCUT2D eigenvalue weighted by atomic mass is 9.78. The minimum absolute atomic E-state index is 0.211. The summed E-state index contributed by atoms with van der Waals surface area (Å²) in [5, 5.41) is 9.11. The highest BCUT2D eigenvalue weighted by Gasteiger charge is 2.50. The van der Waals surface area contributed by atoms with Crippen LogP contribution in [0.15, 0.2) is 30.3 Å². The Kier molecular flexibility index (Phi) is 3.74. The number of aliphatic carboxylic acids is 1. The molecule has 1 aliphatic heterocycles. The van der Waals surface area contributed by atoms with E-state index in [1.54, 1.807) is 0 Å². The van der Waals surface area contributed by atoms with Crippen LogP contribution in [0.5, 0.6) is 0 Å². The minimum atomic E-state index is -0.845. The van der Waals surface area contributed by atoms with E-state index in [0.29, 0.717) is 6.42 Å². The molecule has 0 radical (unpaired) electrons. The Morgan fingerprint density at radius 2 is 1.95 bits per heavy atom. The van der Waals surface area contributed by atoms with Gasteiger partial charge >= 0.3 is 12.1 Å². The van der Waals surface area contributed by atoms with Gasteiger partial charge < -0.3 is 14.7 Å². The van der Waals surface area contributed by atoms with Crippen molar-refractivity contribution in [3.63, 3.8) is 0 Å². The second-order valence-corrected chi connectivity index (χ2v) is 4.84. The zero-order chi connectivity index (χ0) is 13.9. The summed E-state index contributed by atoms with van der Waals surface area (Å²) in [6.45, 7) is 2.49. The number of carbonyl (C=O) groups excluding carboxylic acids is 1. The number of rotatable bonds is 4. The predicted molar refractivity (Wildman–Crippen MR) is 68.6 cm³/mol. The van der Waals surface area contributed by atoms with E-state index in [1.807, 2.05) is 37.3 Å². The van der Waals surface area contributed by atoms with E-state index in [2.05, 4.69) is 0 Å². The zero-order valence-corrected chi connectivity index (χ0v) is 10.8. The van der Waals surface area contributed by atoms with Gasteiger partial charge in [0.25, 0.3) is 0 Å². The molecule has 1 aliphatic rings. The second-order valence-electron chi connectivity index (χ2n) is 4.84. The van der Waals surface area contributed by atoms with E-state index >= 15 is 0 Å². The number of hydrogen-bond donors (Lipinski definition) is 1. The average molecular weight is 263 g/mol. The zero-order valence-electron chi connectivity index (χ0n) is 10.8. The molecule has 19 heavy (non-hydrogen) atoms. The first-order valence-corrected chi connectivity index (χ1v) is 6.26. The van der Waals surface area contributed by atoms with Gasteiger partial charge in [-0.1, -0.05) is 37.3 Å². The molecule has 0 unspecified atom stereocenters. The molecule has 1 aromatic carbocycles. The number of amides is 1.